The molecule has 2 aliphatic rings. The summed E-state index contributed by atoms with van der Waals surface area (Å²) in [5.74, 6) is 0.554. The lowest BCUT2D eigenvalue weighted by Crippen LogP contribution is -2.48. The van der Waals surface area contributed by atoms with Gasteiger partial charge in [0.25, 0.3) is 0 Å². The van der Waals surface area contributed by atoms with Crippen molar-refractivity contribution in [2.24, 2.45) is 5.73 Å². The Morgan fingerprint density at radius 3 is 2.64 bits per heavy atom. The number of halogens is 2. The minimum atomic E-state index is 0.217. The highest BCUT2D eigenvalue weighted by Crippen LogP contribution is 2.40. The number of benzene rings is 1. The molecule has 3 N–H and O–H groups in total. The van der Waals surface area contributed by atoms with Gasteiger partial charge >= 0.3 is 0 Å². The zero-order valence-corrected chi connectivity index (χ0v) is 16.4. The first-order chi connectivity index (χ1) is 13.6. The van der Waals surface area contributed by atoms with Crippen molar-refractivity contribution >= 4 is 40.2 Å². The second-order valence-electron chi connectivity index (χ2n) is 7.41. The van der Waals surface area contributed by atoms with E-state index in [-0.39, 0.29) is 11.7 Å². The zero-order valence-electron chi connectivity index (χ0n) is 14.9. The van der Waals surface area contributed by atoms with E-state index in [2.05, 4.69) is 31.1 Å². The maximum atomic E-state index is 9.78. The van der Waals surface area contributed by atoms with Crippen LogP contribution in [-0.4, -0.2) is 38.3 Å². The summed E-state index contributed by atoms with van der Waals surface area (Å²) >= 11 is 12.5. The van der Waals surface area contributed by atoms with Gasteiger partial charge in [0.15, 0.2) is 11.3 Å². The predicted octanol–water partition coefficient (Wildman–Crippen LogP) is 3.66. The zero-order chi connectivity index (χ0) is 19.4. The number of hydrogen-bond acceptors (Lipinski definition) is 6. The van der Waals surface area contributed by atoms with E-state index in [4.69, 9.17) is 28.9 Å². The molecule has 5 rings (SSSR count). The number of nitrogens with zero attached hydrogens (tertiary/aromatic N) is 5. The highest BCUT2D eigenvalue weighted by atomic mass is 35.5. The van der Waals surface area contributed by atoms with Crippen LogP contribution >= 0.6 is 23.2 Å². The summed E-state index contributed by atoms with van der Waals surface area (Å²) in [4.78, 5) is 11.5. The van der Waals surface area contributed by atoms with Crippen LogP contribution in [0, 0.1) is 11.3 Å². The molecule has 2 fully saturated rings. The van der Waals surface area contributed by atoms with Gasteiger partial charge in [-0.05, 0) is 31.7 Å². The van der Waals surface area contributed by atoms with Gasteiger partial charge in [-0.3, -0.25) is 5.10 Å². The number of fused-ring (bicyclic) bond motifs is 3. The highest BCUT2D eigenvalue weighted by molar-refractivity contribution is 6.43. The van der Waals surface area contributed by atoms with Crippen LogP contribution in [0.4, 0.5) is 5.95 Å². The van der Waals surface area contributed by atoms with Crippen molar-refractivity contribution in [3.05, 3.63) is 33.9 Å². The van der Waals surface area contributed by atoms with Gasteiger partial charge in [-0.2, -0.15) is 15.3 Å². The second-order valence-corrected chi connectivity index (χ2v) is 8.19. The largest absolute Gasteiger partial charge is 0.335 e. The number of aromatic nitrogens is 4. The quantitative estimate of drug-likeness (QED) is 0.663. The number of anilines is 1. The van der Waals surface area contributed by atoms with Crippen molar-refractivity contribution in [3.63, 3.8) is 0 Å². The number of aromatic amines is 1. The van der Waals surface area contributed by atoms with E-state index in [0.717, 1.165) is 25.7 Å². The fourth-order valence-corrected chi connectivity index (χ4v) is 4.94. The van der Waals surface area contributed by atoms with E-state index in [1.807, 2.05) is 6.07 Å². The molecule has 4 heterocycles. The molecule has 1 aromatic carbocycles. The molecule has 2 aliphatic heterocycles. The third kappa shape index (κ3) is 2.64. The molecule has 0 radical (unpaired) electrons. The van der Waals surface area contributed by atoms with Crippen LogP contribution in [0.3, 0.4) is 0 Å². The average molecular weight is 414 g/mol. The number of H-pyrrole nitrogens is 1. The monoisotopic (exact) mass is 413 g/mol. The summed E-state index contributed by atoms with van der Waals surface area (Å²) in [5, 5.41) is 18.5. The van der Waals surface area contributed by atoms with Gasteiger partial charge in [-0.1, -0.05) is 35.3 Å². The van der Waals surface area contributed by atoms with Gasteiger partial charge in [0.05, 0.1) is 21.1 Å². The van der Waals surface area contributed by atoms with Gasteiger partial charge in [0.1, 0.15) is 6.07 Å². The first-order valence-electron chi connectivity index (χ1n) is 9.21. The Kier molecular flexibility index (Phi) is 4.16. The first kappa shape index (κ1) is 17.7. The van der Waals surface area contributed by atoms with E-state index >= 15 is 0 Å². The third-order valence-electron chi connectivity index (χ3n) is 5.73. The predicted molar refractivity (Wildman–Crippen MR) is 108 cm³/mol. The number of nitrogens with one attached hydrogen (secondary N) is 1. The summed E-state index contributed by atoms with van der Waals surface area (Å²) in [7, 11) is 0. The van der Waals surface area contributed by atoms with Crippen molar-refractivity contribution in [1.29, 1.82) is 5.26 Å². The maximum Gasteiger partial charge on any atom is 0.229 e. The van der Waals surface area contributed by atoms with Crippen molar-refractivity contribution in [3.8, 4) is 17.3 Å². The summed E-state index contributed by atoms with van der Waals surface area (Å²) in [6, 6.07) is 8.38. The summed E-state index contributed by atoms with van der Waals surface area (Å²) in [6.45, 7) is 0. The van der Waals surface area contributed by atoms with Crippen molar-refractivity contribution in [2.45, 2.75) is 43.8 Å². The molecule has 1 unspecified atom stereocenters. The standard InChI is InChI=1S/C19H17Cl2N7/c20-13-3-1-2-12(16(13)21)17-15-14(8-22)24-19(25-18(15)27-26-17)28-10-4-5-11(28)7-9(23)6-10/h1-3,9-11H,4-7,23H2,(H,24,25,26,27)/t9?,10-,11+. The van der Waals surface area contributed by atoms with E-state index in [1.165, 1.54) is 0 Å². The fraction of sp³-hybridized carbons (Fsp3) is 0.368. The lowest BCUT2D eigenvalue weighted by atomic mass is 9.99. The minimum Gasteiger partial charge on any atom is -0.335 e. The van der Waals surface area contributed by atoms with Gasteiger partial charge in [0.2, 0.25) is 5.95 Å². The topological polar surface area (TPSA) is 108 Å². The van der Waals surface area contributed by atoms with Gasteiger partial charge in [-0.15, -0.1) is 0 Å². The van der Waals surface area contributed by atoms with Crippen LogP contribution in [0.2, 0.25) is 10.0 Å². The molecular weight excluding hydrogens is 397 g/mol. The van der Waals surface area contributed by atoms with Gasteiger partial charge in [0, 0.05) is 23.7 Å². The van der Waals surface area contributed by atoms with E-state index in [0.29, 0.717) is 50.4 Å². The Labute approximate surface area is 171 Å². The number of nitrogens with two attached hydrogens (primary N) is 1. The first-order valence-corrected chi connectivity index (χ1v) is 9.97. The molecule has 28 heavy (non-hydrogen) atoms. The molecule has 142 valence electrons. The molecule has 7 nitrogen and oxygen atoms in total. The summed E-state index contributed by atoms with van der Waals surface area (Å²) in [6.07, 6.45) is 3.99. The molecule has 2 bridgehead atoms. The van der Waals surface area contributed by atoms with Crippen LogP contribution < -0.4 is 10.6 Å². The number of rotatable bonds is 2. The molecule has 3 atom stereocenters. The molecule has 2 aromatic heterocycles. The van der Waals surface area contributed by atoms with Crippen LogP contribution in [0.25, 0.3) is 22.3 Å². The van der Waals surface area contributed by atoms with Crippen molar-refractivity contribution in [2.75, 3.05) is 4.90 Å². The van der Waals surface area contributed by atoms with Crippen molar-refractivity contribution < 1.29 is 0 Å². The molecule has 0 aliphatic carbocycles. The van der Waals surface area contributed by atoms with E-state index in [9.17, 15) is 5.26 Å². The van der Waals surface area contributed by atoms with Crippen LogP contribution in [-0.2, 0) is 0 Å². The lowest BCUT2D eigenvalue weighted by Gasteiger charge is -2.37. The highest BCUT2D eigenvalue weighted by Gasteiger charge is 2.41. The maximum absolute atomic E-state index is 9.78. The van der Waals surface area contributed by atoms with Crippen molar-refractivity contribution in [1.82, 2.24) is 20.2 Å². The Balaban J connectivity index is 1.65. The molecular formula is C19H17Cl2N7. The number of piperidine rings is 1. The normalized spacial score (nSPS) is 23.9. The molecule has 9 heteroatoms. The van der Waals surface area contributed by atoms with E-state index in [1.54, 1.807) is 12.1 Å². The Hall–Kier alpha value is -2.40. The van der Waals surface area contributed by atoms with Crippen LogP contribution in [0.15, 0.2) is 18.2 Å². The molecule has 3 aromatic rings. The average Bonchev–Trinajstić information content (AvgIpc) is 3.22. The molecule has 2 saturated heterocycles. The summed E-state index contributed by atoms with van der Waals surface area (Å²) < 4.78 is 0. The summed E-state index contributed by atoms with van der Waals surface area (Å²) in [5.41, 5.74) is 8.15. The Bertz CT molecular complexity index is 1110. The smallest absolute Gasteiger partial charge is 0.229 e. The van der Waals surface area contributed by atoms with Gasteiger partial charge < -0.3 is 10.6 Å². The third-order valence-corrected chi connectivity index (χ3v) is 6.55. The number of nitriles is 1. The van der Waals surface area contributed by atoms with Gasteiger partial charge in [-0.25, -0.2) is 4.98 Å². The van der Waals surface area contributed by atoms with Crippen LogP contribution in [0.5, 0.6) is 0 Å². The van der Waals surface area contributed by atoms with E-state index < -0.39 is 0 Å². The molecule has 0 amide bonds. The Morgan fingerprint density at radius 1 is 1.18 bits per heavy atom. The second kappa shape index (κ2) is 6.59. The minimum absolute atomic E-state index is 0.217. The molecule has 0 spiro atoms. The fourth-order valence-electron chi connectivity index (χ4n) is 4.55. The lowest BCUT2D eigenvalue weighted by molar-refractivity contribution is 0.409. The van der Waals surface area contributed by atoms with Crippen LogP contribution in [0.1, 0.15) is 31.4 Å². The SMILES string of the molecule is N#Cc1nc(N2[C@@H]3CC[C@H]2CC(N)C3)nc2n[nH]c(-c3cccc(Cl)c3Cl)c12. The number of hydrogen-bond donors (Lipinski definition) is 2. The molecule has 0 saturated carbocycles. The Morgan fingerprint density at radius 2 is 1.93 bits per heavy atom.